The maximum atomic E-state index is 13.7. The summed E-state index contributed by atoms with van der Waals surface area (Å²) in [5.74, 6) is 0.146. The van der Waals surface area contributed by atoms with Gasteiger partial charge in [0.15, 0.2) is 6.61 Å². The van der Waals surface area contributed by atoms with Gasteiger partial charge in [-0.05, 0) is 60.7 Å². The molecule has 2 amide bonds. The lowest BCUT2D eigenvalue weighted by molar-refractivity contribution is -0.143. The van der Waals surface area contributed by atoms with Crippen molar-refractivity contribution in [3.8, 4) is 5.75 Å². The van der Waals surface area contributed by atoms with Crippen LogP contribution in [0.15, 0.2) is 72.8 Å². The van der Waals surface area contributed by atoms with Crippen LogP contribution in [0.1, 0.15) is 42.4 Å². The number of amides is 2. The van der Waals surface area contributed by atoms with Crippen molar-refractivity contribution in [2.24, 2.45) is 0 Å². The Kier molecular flexibility index (Phi) is 9.48. The van der Waals surface area contributed by atoms with Crippen LogP contribution in [-0.2, 0) is 22.6 Å². The van der Waals surface area contributed by atoms with E-state index in [1.807, 2.05) is 61.5 Å². The fourth-order valence-corrected chi connectivity index (χ4v) is 5.16. The molecule has 5 nitrogen and oxygen atoms in total. The van der Waals surface area contributed by atoms with E-state index in [1.54, 1.807) is 23.1 Å². The predicted molar refractivity (Wildman–Crippen MR) is 148 cm³/mol. The molecule has 0 aromatic heterocycles. The topological polar surface area (TPSA) is 58.6 Å². The fraction of sp³-hybridized carbons (Fsp3) is 0.333. The quantitative estimate of drug-likeness (QED) is 0.325. The van der Waals surface area contributed by atoms with Crippen molar-refractivity contribution in [2.45, 2.75) is 57.7 Å². The molecular weight excluding hydrogens is 507 g/mol. The Morgan fingerprint density at radius 1 is 1.00 bits per heavy atom. The van der Waals surface area contributed by atoms with E-state index >= 15 is 0 Å². The lowest BCUT2D eigenvalue weighted by Crippen LogP contribution is -2.53. The number of rotatable bonds is 10. The van der Waals surface area contributed by atoms with Gasteiger partial charge in [-0.2, -0.15) is 0 Å². The number of carbonyl (C=O) groups is 2. The van der Waals surface area contributed by atoms with Crippen molar-refractivity contribution in [1.82, 2.24) is 10.2 Å². The third-order valence-corrected chi connectivity index (χ3v) is 7.27. The summed E-state index contributed by atoms with van der Waals surface area (Å²) in [6.45, 7) is 1.92. The third kappa shape index (κ3) is 7.73. The summed E-state index contributed by atoms with van der Waals surface area (Å²) in [4.78, 5) is 29.0. The van der Waals surface area contributed by atoms with E-state index in [0.29, 0.717) is 27.8 Å². The van der Waals surface area contributed by atoms with Crippen LogP contribution in [0, 0.1) is 6.92 Å². The number of benzene rings is 3. The summed E-state index contributed by atoms with van der Waals surface area (Å²) in [5.41, 5.74) is 2.71. The molecule has 1 aliphatic rings. The second-order valence-electron chi connectivity index (χ2n) is 9.56. The Labute approximate surface area is 228 Å². The minimum Gasteiger partial charge on any atom is -0.484 e. The molecule has 4 rings (SSSR count). The summed E-state index contributed by atoms with van der Waals surface area (Å²) in [7, 11) is 0. The highest BCUT2D eigenvalue weighted by Crippen LogP contribution is 2.25. The first-order valence-electron chi connectivity index (χ1n) is 12.7. The van der Waals surface area contributed by atoms with Crippen LogP contribution in [-0.4, -0.2) is 35.4 Å². The highest BCUT2D eigenvalue weighted by molar-refractivity contribution is 6.35. The van der Waals surface area contributed by atoms with E-state index in [1.165, 1.54) is 0 Å². The summed E-state index contributed by atoms with van der Waals surface area (Å²) in [6, 6.07) is 21.9. The van der Waals surface area contributed by atoms with E-state index in [9.17, 15) is 9.59 Å². The average molecular weight is 540 g/mol. The monoisotopic (exact) mass is 538 g/mol. The molecule has 1 aliphatic carbocycles. The number of halogens is 2. The lowest BCUT2D eigenvalue weighted by Gasteiger charge is -2.32. The van der Waals surface area contributed by atoms with E-state index in [-0.39, 0.29) is 31.0 Å². The van der Waals surface area contributed by atoms with Crippen LogP contribution in [0.2, 0.25) is 10.0 Å². The summed E-state index contributed by atoms with van der Waals surface area (Å²) < 4.78 is 5.85. The lowest BCUT2D eigenvalue weighted by atomic mass is 10.0. The molecule has 0 spiro atoms. The average Bonchev–Trinajstić information content (AvgIpc) is 3.39. The van der Waals surface area contributed by atoms with Gasteiger partial charge in [0.1, 0.15) is 11.8 Å². The fourth-order valence-electron chi connectivity index (χ4n) is 4.69. The molecule has 3 aromatic rings. The maximum Gasteiger partial charge on any atom is 0.261 e. The van der Waals surface area contributed by atoms with Crippen molar-refractivity contribution in [3.05, 3.63) is 99.5 Å². The number of hydrogen-bond donors (Lipinski definition) is 1. The molecule has 0 aliphatic heterocycles. The van der Waals surface area contributed by atoms with Crippen LogP contribution < -0.4 is 10.1 Å². The maximum absolute atomic E-state index is 13.7. The minimum absolute atomic E-state index is 0.130. The zero-order valence-electron chi connectivity index (χ0n) is 21.0. The molecule has 0 bridgehead atoms. The molecule has 7 heteroatoms. The molecule has 1 saturated carbocycles. The van der Waals surface area contributed by atoms with Crippen molar-refractivity contribution in [3.63, 3.8) is 0 Å². The Bertz CT molecular complexity index is 1210. The van der Waals surface area contributed by atoms with Gasteiger partial charge in [0, 0.05) is 29.1 Å². The molecular formula is C30H32Cl2N2O3. The SMILES string of the molecule is Cc1cccc(OCC(=O)N(Cc2ccc(Cl)cc2Cl)[C@@H](Cc2ccccc2)C(=O)NC2CCCC2)c1. The Morgan fingerprint density at radius 3 is 2.46 bits per heavy atom. The summed E-state index contributed by atoms with van der Waals surface area (Å²) in [6.07, 6.45) is 4.48. The summed E-state index contributed by atoms with van der Waals surface area (Å²) >= 11 is 12.6. The van der Waals surface area contributed by atoms with Crippen LogP contribution in [0.4, 0.5) is 0 Å². The third-order valence-electron chi connectivity index (χ3n) is 6.68. The minimum atomic E-state index is -0.733. The standard InChI is InChI=1S/C30H32Cl2N2O3/c1-21-8-7-13-26(16-21)37-20-29(35)34(19-23-14-15-24(31)18-27(23)32)28(17-22-9-3-2-4-10-22)30(36)33-25-11-5-6-12-25/h2-4,7-10,13-16,18,25,28H,5-6,11-12,17,19-20H2,1H3,(H,33,36)/t28-/m0/s1. The number of carbonyl (C=O) groups excluding carboxylic acids is 2. The van der Waals surface area contributed by atoms with Gasteiger partial charge in [-0.1, -0.05) is 84.6 Å². The first-order chi connectivity index (χ1) is 17.9. The normalized spacial score (nSPS) is 14.2. The van der Waals surface area contributed by atoms with E-state index in [4.69, 9.17) is 27.9 Å². The zero-order valence-corrected chi connectivity index (χ0v) is 22.5. The van der Waals surface area contributed by atoms with Crippen molar-refractivity contribution < 1.29 is 14.3 Å². The molecule has 0 radical (unpaired) electrons. The van der Waals surface area contributed by atoms with Gasteiger partial charge in [-0.3, -0.25) is 9.59 Å². The van der Waals surface area contributed by atoms with Crippen LogP contribution in [0.5, 0.6) is 5.75 Å². The van der Waals surface area contributed by atoms with Crippen LogP contribution >= 0.6 is 23.2 Å². The van der Waals surface area contributed by atoms with Gasteiger partial charge in [0.25, 0.3) is 5.91 Å². The Hall–Kier alpha value is -3.02. The van der Waals surface area contributed by atoms with E-state index in [2.05, 4.69) is 5.32 Å². The van der Waals surface area contributed by atoms with Gasteiger partial charge in [-0.15, -0.1) is 0 Å². The van der Waals surface area contributed by atoms with Crippen LogP contribution in [0.3, 0.4) is 0 Å². The second kappa shape index (κ2) is 13.0. The number of hydrogen-bond acceptors (Lipinski definition) is 3. The smallest absolute Gasteiger partial charge is 0.261 e. The van der Waals surface area contributed by atoms with E-state index < -0.39 is 6.04 Å². The number of nitrogens with one attached hydrogen (secondary N) is 1. The molecule has 1 N–H and O–H groups in total. The Balaban J connectivity index is 1.63. The highest BCUT2D eigenvalue weighted by atomic mass is 35.5. The van der Waals surface area contributed by atoms with Crippen molar-refractivity contribution in [1.29, 1.82) is 0 Å². The number of ether oxygens (including phenoxy) is 1. The molecule has 0 unspecified atom stereocenters. The van der Waals surface area contributed by atoms with Crippen molar-refractivity contribution in [2.75, 3.05) is 6.61 Å². The van der Waals surface area contributed by atoms with Crippen LogP contribution in [0.25, 0.3) is 0 Å². The van der Waals surface area contributed by atoms with Gasteiger partial charge in [-0.25, -0.2) is 0 Å². The van der Waals surface area contributed by atoms with Gasteiger partial charge in [0.2, 0.25) is 5.91 Å². The van der Waals surface area contributed by atoms with Gasteiger partial charge >= 0.3 is 0 Å². The zero-order chi connectivity index (χ0) is 26.2. The van der Waals surface area contributed by atoms with E-state index in [0.717, 1.165) is 36.8 Å². The van der Waals surface area contributed by atoms with Gasteiger partial charge < -0.3 is 15.0 Å². The predicted octanol–water partition coefficient (Wildman–Crippen LogP) is 6.38. The molecule has 194 valence electrons. The molecule has 1 atom stereocenters. The highest BCUT2D eigenvalue weighted by Gasteiger charge is 2.32. The Morgan fingerprint density at radius 2 is 1.76 bits per heavy atom. The second-order valence-corrected chi connectivity index (χ2v) is 10.4. The number of nitrogens with zero attached hydrogens (tertiary/aromatic N) is 1. The van der Waals surface area contributed by atoms with Gasteiger partial charge in [0.05, 0.1) is 0 Å². The van der Waals surface area contributed by atoms with Crippen molar-refractivity contribution >= 4 is 35.0 Å². The molecule has 0 heterocycles. The summed E-state index contributed by atoms with van der Waals surface area (Å²) in [5, 5.41) is 4.15. The first-order valence-corrected chi connectivity index (χ1v) is 13.4. The molecule has 0 saturated heterocycles. The number of aryl methyl sites for hydroxylation is 1. The molecule has 3 aromatic carbocycles. The molecule has 1 fully saturated rings. The molecule has 37 heavy (non-hydrogen) atoms. The largest absolute Gasteiger partial charge is 0.484 e. The first kappa shape index (κ1) is 27.0.